The lowest BCUT2D eigenvalue weighted by Gasteiger charge is -2.31. The third kappa shape index (κ3) is 3.23. The van der Waals surface area contributed by atoms with Gasteiger partial charge in [0.15, 0.2) is 0 Å². The summed E-state index contributed by atoms with van der Waals surface area (Å²) in [5.74, 6) is 0. The van der Waals surface area contributed by atoms with E-state index in [-0.39, 0.29) is 22.8 Å². The molecule has 2 aromatic carbocycles. The molecule has 2 unspecified atom stereocenters. The minimum absolute atomic E-state index is 0.0634. The summed E-state index contributed by atoms with van der Waals surface area (Å²) in [6.45, 7) is 0.684. The molecule has 1 N–H and O–H groups in total. The van der Waals surface area contributed by atoms with E-state index < -0.39 is 0 Å². The van der Waals surface area contributed by atoms with E-state index in [0.717, 1.165) is 23.9 Å². The Morgan fingerprint density at radius 2 is 1.96 bits per heavy atom. The lowest BCUT2D eigenvalue weighted by molar-refractivity contribution is -0.383. The normalized spacial score (nSPS) is 20.0. The van der Waals surface area contributed by atoms with E-state index in [1.54, 1.807) is 24.5 Å². The summed E-state index contributed by atoms with van der Waals surface area (Å²) >= 11 is 0. The van der Waals surface area contributed by atoms with Crippen molar-refractivity contribution in [2.24, 2.45) is 0 Å². The number of rotatable bonds is 4. The van der Waals surface area contributed by atoms with Gasteiger partial charge in [-0.3, -0.25) is 15.1 Å². The average molecular weight is 349 g/mol. The van der Waals surface area contributed by atoms with Gasteiger partial charge in [0.05, 0.1) is 16.4 Å². The van der Waals surface area contributed by atoms with Crippen LogP contribution in [0.15, 0.2) is 60.9 Å². The number of non-ortho nitro benzene ring substituents is 1. The molecule has 0 saturated carbocycles. The molecule has 0 amide bonds. The maximum Gasteiger partial charge on any atom is 0.278 e. The maximum absolute atomic E-state index is 11.3. The first-order valence-electron chi connectivity index (χ1n) is 8.66. The van der Waals surface area contributed by atoms with Crippen molar-refractivity contribution in [3.8, 4) is 0 Å². The smallest absolute Gasteiger partial charge is 0.278 e. The molecule has 0 aliphatic carbocycles. The Hall–Kier alpha value is -2.99. The molecule has 1 aliphatic rings. The van der Waals surface area contributed by atoms with Crippen molar-refractivity contribution in [3.05, 3.63) is 76.6 Å². The van der Waals surface area contributed by atoms with E-state index in [0.29, 0.717) is 12.0 Å². The van der Waals surface area contributed by atoms with E-state index in [4.69, 9.17) is 4.74 Å². The predicted molar refractivity (Wildman–Crippen MR) is 100 cm³/mol. The Kier molecular flexibility index (Phi) is 4.50. The van der Waals surface area contributed by atoms with Crippen LogP contribution in [-0.4, -0.2) is 22.6 Å². The van der Waals surface area contributed by atoms with Crippen LogP contribution in [-0.2, 0) is 4.74 Å². The van der Waals surface area contributed by atoms with Crippen LogP contribution in [0.1, 0.15) is 24.5 Å². The third-order valence-electron chi connectivity index (χ3n) is 4.81. The summed E-state index contributed by atoms with van der Waals surface area (Å²) in [7, 11) is 0. The summed E-state index contributed by atoms with van der Waals surface area (Å²) in [6.07, 6.45) is 5.03. The first-order chi connectivity index (χ1) is 12.7. The predicted octanol–water partition coefficient (Wildman–Crippen LogP) is 4.48. The number of nitro groups is 1. The molecule has 0 radical (unpaired) electrons. The average Bonchev–Trinajstić information content (AvgIpc) is 2.69. The first kappa shape index (κ1) is 16.5. The lowest BCUT2D eigenvalue weighted by atomic mass is 9.97. The van der Waals surface area contributed by atoms with Crippen molar-refractivity contribution in [1.82, 2.24) is 4.98 Å². The van der Waals surface area contributed by atoms with Gasteiger partial charge < -0.3 is 10.1 Å². The summed E-state index contributed by atoms with van der Waals surface area (Å²) in [4.78, 5) is 14.9. The molecule has 1 fully saturated rings. The molecule has 6 nitrogen and oxygen atoms in total. The molecule has 1 aliphatic heterocycles. The number of ether oxygens (including phenoxy) is 1. The van der Waals surface area contributed by atoms with Gasteiger partial charge in [0, 0.05) is 42.2 Å². The fourth-order valence-corrected chi connectivity index (χ4v) is 3.51. The summed E-state index contributed by atoms with van der Waals surface area (Å²) in [5, 5.41) is 16.2. The number of nitrogens with zero attached hydrogens (tertiary/aromatic N) is 2. The highest BCUT2D eigenvalue weighted by atomic mass is 16.6. The van der Waals surface area contributed by atoms with E-state index >= 15 is 0 Å². The van der Waals surface area contributed by atoms with Gasteiger partial charge in [-0.15, -0.1) is 0 Å². The third-order valence-corrected chi connectivity index (χ3v) is 4.81. The highest BCUT2D eigenvalue weighted by Crippen LogP contribution is 2.34. The van der Waals surface area contributed by atoms with Gasteiger partial charge in [-0.1, -0.05) is 30.3 Å². The molecule has 132 valence electrons. The van der Waals surface area contributed by atoms with Crippen molar-refractivity contribution in [2.75, 3.05) is 11.9 Å². The second-order valence-corrected chi connectivity index (χ2v) is 6.45. The topological polar surface area (TPSA) is 77.3 Å². The monoisotopic (exact) mass is 349 g/mol. The van der Waals surface area contributed by atoms with Gasteiger partial charge >= 0.3 is 0 Å². The number of nitro benzene ring substituents is 1. The van der Waals surface area contributed by atoms with Crippen LogP contribution in [0.3, 0.4) is 0 Å². The zero-order valence-electron chi connectivity index (χ0n) is 14.2. The Morgan fingerprint density at radius 3 is 2.77 bits per heavy atom. The maximum atomic E-state index is 11.3. The molecule has 0 bridgehead atoms. The molecule has 2 heterocycles. The zero-order chi connectivity index (χ0) is 17.9. The molecule has 3 aromatic rings. The molecule has 1 saturated heterocycles. The highest BCUT2D eigenvalue weighted by Gasteiger charge is 2.24. The first-order valence-corrected chi connectivity index (χ1v) is 8.66. The minimum Gasteiger partial charge on any atom is -0.382 e. The van der Waals surface area contributed by atoms with E-state index in [1.807, 2.05) is 24.3 Å². The molecule has 0 spiro atoms. The van der Waals surface area contributed by atoms with Crippen LogP contribution in [0, 0.1) is 10.1 Å². The molecule has 26 heavy (non-hydrogen) atoms. The summed E-state index contributed by atoms with van der Waals surface area (Å²) in [5.41, 5.74) is 2.15. The van der Waals surface area contributed by atoms with Crippen LogP contribution >= 0.6 is 0 Å². The molecule has 4 rings (SSSR count). The molecule has 1 aromatic heterocycles. The van der Waals surface area contributed by atoms with Crippen LogP contribution in [0.4, 0.5) is 11.4 Å². The highest BCUT2D eigenvalue weighted by molar-refractivity contribution is 5.99. The lowest BCUT2D eigenvalue weighted by Crippen LogP contribution is -2.30. The number of hydrogen-bond donors (Lipinski definition) is 1. The Balaban J connectivity index is 1.59. The number of pyridine rings is 1. The van der Waals surface area contributed by atoms with Crippen LogP contribution in [0.2, 0.25) is 0 Å². The number of hydrogen-bond acceptors (Lipinski definition) is 5. The van der Waals surface area contributed by atoms with Crippen LogP contribution < -0.4 is 5.32 Å². The number of aromatic nitrogens is 1. The van der Waals surface area contributed by atoms with Crippen molar-refractivity contribution < 1.29 is 9.66 Å². The van der Waals surface area contributed by atoms with Crippen molar-refractivity contribution in [2.45, 2.75) is 25.0 Å². The standard InChI is InChI=1S/C20H19N3O3/c24-23(25)19-7-6-18(16-8-10-21-13-17(16)19)22-15-9-11-26-20(12-15)14-4-2-1-3-5-14/h1-8,10,13,15,20,22H,9,11-12H2. The molecular weight excluding hydrogens is 330 g/mol. The van der Waals surface area contributed by atoms with Crippen molar-refractivity contribution >= 4 is 22.1 Å². The zero-order valence-corrected chi connectivity index (χ0v) is 14.2. The van der Waals surface area contributed by atoms with Gasteiger partial charge in [0.2, 0.25) is 0 Å². The summed E-state index contributed by atoms with van der Waals surface area (Å²) in [6, 6.07) is 15.6. The Bertz CT molecular complexity index is 930. The van der Waals surface area contributed by atoms with E-state index in [9.17, 15) is 10.1 Å². The second kappa shape index (κ2) is 7.09. The van der Waals surface area contributed by atoms with Crippen LogP contribution in [0.25, 0.3) is 10.8 Å². The van der Waals surface area contributed by atoms with Gasteiger partial charge in [-0.25, -0.2) is 0 Å². The molecule has 6 heteroatoms. The molecular formula is C20H19N3O3. The molecule has 2 atom stereocenters. The van der Waals surface area contributed by atoms with Crippen molar-refractivity contribution in [1.29, 1.82) is 0 Å². The van der Waals surface area contributed by atoms with E-state index in [2.05, 4.69) is 22.4 Å². The number of nitrogens with one attached hydrogen (secondary N) is 1. The van der Waals surface area contributed by atoms with Crippen molar-refractivity contribution in [3.63, 3.8) is 0 Å². The van der Waals surface area contributed by atoms with E-state index in [1.165, 1.54) is 5.56 Å². The van der Waals surface area contributed by atoms with Gasteiger partial charge in [0.25, 0.3) is 5.69 Å². The Morgan fingerprint density at radius 1 is 1.12 bits per heavy atom. The second-order valence-electron chi connectivity index (χ2n) is 6.45. The fourth-order valence-electron chi connectivity index (χ4n) is 3.51. The quantitative estimate of drug-likeness (QED) is 0.555. The van der Waals surface area contributed by atoms with Crippen LogP contribution in [0.5, 0.6) is 0 Å². The number of anilines is 1. The summed E-state index contributed by atoms with van der Waals surface area (Å²) < 4.78 is 5.93. The fraction of sp³-hybridized carbons (Fsp3) is 0.250. The van der Waals surface area contributed by atoms with Gasteiger partial charge in [-0.05, 0) is 30.5 Å². The SMILES string of the molecule is O=[N+]([O-])c1ccc(NC2CCOC(c3ccccc3)C2)c2ccncc12. The van der Waals surface area contributed by atoms with Gasteiger partial charge in [0.1, 0.15) is 0 Å². The number of fused-ring (bicyclic) bond motifs is 1. The Labute approximate surface area is 151 Å². The van der Waals surface area contributed by atoms with Gasteiger partial charge in [-0.2, -0.15) is 0 Å². The number of benzene rings is 2. The largest absolute Gasteiger partial charge is 0.382 e. The minimum atomic E-state index is -0.367.